The molecule has 2 fully saturated rings. The van der Waals surface area contributed by atoms with E-state index in [2.05, 4.69) is 22.2 Å². The summed E-state index contributed by atoms with van der Waals surface area (Å²) in [6, 6.07) is 4.04. The first kappa shape index (κ1) is 27.6. The minimum Gasteiger partial charge on any atom is -0.467 e. The largest absolute Gasteiger partial charge is 0.467 e. The lowest BCUT2D eigenvalue weighted by Crippen LogP contribution is -2.67. The molecule has 176 valence electrons. The minimum absolute atomic E-state index is 0. The number of hydrogen-bond acceptors (Lipinski definition) is 6. The van der Waals surface area contributed by atoms with Crippen molar-refractivity contribution in [3.05, 3.63) is 30.1 Å². The molecule has 0 bridgehead atoms. The number of rotatable bonds is 7. The van der Waals surface area contributed by atoms with Crippen LogP contribution in [0.4, 0.5) is 0 Å². The number of pyridine rings is 1. The van der Waals surface area contributed by atoms with Crippen molar-refractivity contribution < 1.29 is 14.3 Å². The third-order valence-corrected chi connectivity index (χ3v) is 6.23. The molecule has 3 rings (SSSR count). The summed E-state index contributed by atoms with van der Waals surface area (Å²) in [6.07, 6.45) is 8.94. The topological polar surface area (TPSA) is 74.8 Å². The lowest BCUT2D eigenvalue weighted by Gasteiger charge is -2.51. The van der Waals surface area contributed by atoms with Gasteiger partial charge < -0.3 is 10.1 Å². The summed E-state index contributed by atoms with van der Waals surface area (Å²) >= 11 is 0. The molecule has 0 spiro atoms. The number of piperazine rings is 1. The number of halogens is 2. The van der Waals surface area contributed by atoms with Crippen LogP contribution in [-0.4, -0.2) is 65.7 Å². The van der Waals surface area contributed by atoms with Gasteiger partial charge in [0.25, 0.3) is 0 Å². The van der Waals surface area contributed by atoms with Crippen LogP contribution in [0.2, 0.25) is 0 Å². The number of ether oxygens (including phenoxy) is 1. The maximum Gasteiger partial charge on any atom is 0.333 e. The molecule has 1 saturated carbocycles. The van der Waals surface area contributed by atoms with Crippen molar-refractivity contribution in [1.82, 2.24) is 20.3 Å². The average Bonchev–Trinajstić information content (AvgIpc) is 2.78. The van der Waals surface area contributed by atoms with E-state index in [-0.39, 0.29) is 42.6 Å². The van der Waals surface area contributed by atoms with Crippen LogP contribution >= 0.6 is 24.8 Å². The quantitative estimate of drug-likeness (QED) is 0.610. The lowest BCUT2D eigenvalue weighted by atomic mass is 9.72. The van der Waals surface area contributed by atoms with Gasteiger partial charge in [-0.3, -0.25) is 14.8 Å². The molecule has 1 N–H and O–H groups in total. The Hall–Kier alpha value is -1.41. The summed E-state index contributed by atoms with van der Waals surface area (Å²) in [5.74, 6) is -0.0515. The van der Waals surface area contributed by atoms with Gasteiger partial charge in [-0.25, -0.2) is 9.80 Å². The van der Waals surface area contributed by atoms with Crippen LogP contribution in [0.25, 0.3) is 0 Å². The van der Waals surface area contributed by atoms with Crippen LogP contribution in [0.3, 0.4) is 0 Å². The number of aromatic nitrogens is 1. The monoisotopic (exact) mass is 474 g/mol. The molecule has 0 aromatic carbocycles. The van der Waals surface area contributed by atoms with Crippen molar-refractivity contribution >= 4 is 36.7 Å². The van der Waals surface area contributed by atoms with Crippen molar-refractivity contribution in [2.24, 2.45) is 0 Å². The maximum absolute atomic E-state index is 13.4. The summed E-state index contributed by atoms with van der Waals surface area (Å²) in [4.78, 5) is 30.8. The molecule has 2 atom stereocenters. The van der Waals surface area contributed by atoms with Gasteiger partial charge >= 0.3 is 5.97 Å². The van der Waals surface area contributed by atoms with Gasteiger partial charge in [-0.1, -0.05) is 13.3 Å². The molecule has 1 saturated heterocycles. The lowest BCUT2D eigenvalue weighted by molar-refractivity contribution is -0.192. The molecule has 1 aromatic rings. The molecule has 1 amide bonds. The molecule has 2 unspecified atom stereocenters. The highest BCUT2D eigenvalue weighted by molar-refractivity contribution is 5.88. The van der Waals surface area contributed by atoms with Crippen LogP contribution in [0.1, 0.15) is 63.4 Å². The highest BCUT2D eigenvalue weighted by Gasteiger charge is 2.52. The zero-order valence-corrected chi connectivity index (χ0v) is 20.2. The van der Waals surface area contributed by atoms with Gasteiger partial charge in [0, 0.05) is 45.0 Å². The van der Waals surface area contributed by atoms with Gasteiger partial charge in [-0.15, -0.1) is 24.8 Å². The van der Waals surface area contributed by atoms with Gasteiger partial charge in [-0.2, -0.15) is 0 Å². The molecule has 7 nitrogen and oxygen atoms in total. The smallest absolute Gasteiger partial charge is 0.333 e. The van der Waals surface area contributed by atoms with E-state index in [1.54, 1.807) is 12.4 Å². The van der Waals surface area contributed by atoms with Crippen LogP contribution in [-0.2, 0) is 14.3 Å². The third-order valence-electron chi connectivity index (χ3n) is 6.23. The van der Waals surface area contributed by atoms with E-state index in [0.29, 0.717) is 19.3 Å². The fourth-order valence-corrected chi connectivity index (χ4v) is 4.78. The van der Waals surface area contributed by atoms with Gasteiger partial charge in [0.2, 0.25) is 5.91 Å². The number of carbonyl (C=O) groups excluding carboxylic acids is 2. The maximum atomic E-state index is 13.4. The van der Waals surface area contributed by atoms with Crippen molar-refractivity contribution in [3.63, 3.8) is 0 Å². The first-order chi connectivity index (χ1) is 14.1. The predicted octanol–water partition coefficient (Wildman–Crippen LogP) is 3.33. The Bertz CT molecular complexity index is 689. The molecule has 31 heavy (non-hydrogen) atoms. The predicted molar refractivity (Wildman–Crippen MR) is 126 cm³/mol. The fourth-order valence-electron chi connectivity index (χ4n) is 4.78. The van der Waals surface area contributed by atoms with Crippen LogP contribution in [0, 0.1) is 0 Å². The number of hydrogen-bond donors (Lipinski definition) is 1. The van der Waals surface area contributed by atoms with Crippen molar-refractivity contribution in [2.75, 3.05) is 33.3 Å². The second-order valence-corrected chi connectivity index (χ2v) is 8.11. The minimum atomic E-state index is -0.941. The summed E-state index contributed by atoms with van der Waals surface area (Å²) in [6.45, 7) is 5.14. The molecule has 1 aliphatic carbocycles. The Balaban J connectivity index is 0.00000240. The van der Waals surface area contributed by atoms with Gasteiger partial charge in [-0.05, 0) is 55.7 Å². The first-order valence-electron chi connectivity index (χ1n) is 10.9. The fraction of sp³-hybridized carbons (Fsp3) is 0.682. The number of unbranched alkanes of at least 4 members (excludes halogenated alkanes) is 1. The van der Waals surface area contributed by atoms with E-state index in [9.17, 15) is 9.59 Å². The Morgan fingerprint density at radius 2 is 1.94 bits per heavy atom. The normalized spacial score (nSPS) is 23.7. The molecule has 9 heteroatoms. The van der Waals surface area contributed by atoms with Crippen molar-refractivity contribution in [1.29, 1.82) is 0 Å². The molecule has 2 heterocycles. The number of nitrogens with one attached hydrogen (secondary N) is 1. The highest BCUT2D eigenvalue weighted by atomic mass is 35.5. The van der Waals surface area contributed by atoms with Crippen LogP contribution in [0.5, 0.6) is 0 Å². The number of hydrazine groups is 1. The van der Waals surface area contributed by atoms with E-state index in [4.69, 9.17) is 4.74 Å². The number of nitrogens with zero attached hydrogens (tertiary/aromatic N) is 3. The van der Waals surface area contributed by atoms with Gasteiger partial charge in [0.15, 0.2) is 5.54 Å². The van der Waals surface area contributed by atoms with Gasteiger partial charge in [0.1, 0.15) is 0 Å². The number of methoxy groups -OCH3 is 1. The summed E-state index contributed by atoms with van der Waals surface area (Å²) in [7, 11) is 1.44. The van der Waals surface area contributed by atoms with E-state index in [0.717, 1.165) is 51.9 Å². The molecule has 1 aliphatic heterocycles. The van der Waals surface area contributed by atoms with E-state index in [1.807, 2.05) is 17.1 Å². The third kappa shape index (κ3) is 6.31. The Morgan fingerprint density at radius 1 is 1.26 bits per heavy atom. The van der Waals surface area contributed by atoms with Crippen LogP contribution < -0.4 is 5.32 Å². The zero-order valence-electron chi connectivity index (χ0n) is 18.5. The Labute approximate surface area is 198 Å². The number of esters is 1. The highest BCUT2D eigenvalue weighted by Crippen LogP contribution is 2.43. The molecular formula is C22H36Cl2N4O3. The number of amides is 1. The Kier molecular flexibility index (Phi) is 11.8. The molecular weight excluding hydrogens is 439 g/mol. The SMILES string of the molecule is CCCCC(=O)N(N1CCNCC1)C1(C(=O)OC)CCCC(c2ccncc2)C1.Cl.Cl. The van der Waals surface area contributed by atoms with Crippen molar-refractivity contribution in [3.8, 4) is 0 Å². The number of carbonyl (C=O) groups is 2. The summed E-state index contributed by atoms with van der Waals surface area (Å²) < 4.78 is 5.32. The van der Waals surface area contributed by atoms with Crippen LogP contribution in [0.15, 0.2) is 24.5 Å². The first-order valence-corrected chi connectivity index (χ1v) is 10.9. The van der Waals surface area contributed by atoms with E-state index < -0.39 is 5.54 Å². The standard InChI is InChI=1S/C22H34N4O3.2ClH/c1-3-4-7-20(27)26(25-15-13-24-14-16-25)22(21(28)29-2)10-5-6-19(17-22)18-8-11-23-12-9-18;;/h8-9,11-12,19,24H,3-7,10,13-17H2,1-2H3;2*1H. The van der Waals surface area contributed by atoms with E-state index >= 15 is 0 Å². The molecule has 0 radical (unpaired) electrons. The average molecular weight is 475 g/mol. The van der Waals surface area contributed by atoms with E-state index in [1.165, 1.54) is 12.7 Å². The zero-order chi connectivity index (χ0) is 20.7. The summed E-state index contributed by atoms with van der Waals surface area (Å²) in [5, 5.41) is 7.23. The summed E-state index contributed by atoms with van der Waals surface area (Å²) in [5.41, 5.74) is 0.234. The molecule has 1 aromatic heterocycles. The Morgan fingerprint density at radius 3 is 2.55 bits per heavy atom. The van der Waals surface area contributed by atoms with Gasteiger partial charge in [0.05, 0.1) is 7.11 Å². The second kappa shape index (κ2) is 13.2. The molecule has 2 aliphatic rings. The second-order valence-electron chi connectivity index (χ2n) is 8.11. The van der Waals surface area contributed by atoms with Crippen molar-refractivity contribution in [2.45, 2.75) is 63.3 Å².